The van der Waals surface area contributed by atoms with Crippen molar-refractivity contribution in [1.82, 2.24) is 14.8 Å². The third kappa shape index (κ3) is 3.00. The van der Waals surface area contributed by atoms with E-state index in [0.717, 1.165) is 17.3 Å². The molecule has 1 heterocycles. The zero-order valence-electron chi connectivity index (χ0n) is 12.1. The van der Waals surface area contributed by atoms with Gasteiger partial charge in [-0.25, -0.2) is 5.10 Å². The number of hydrogen-bond acceptors (Lipinski definition) is 4. The molecule has 19 heavy (non-hydrogen) atoms. The van der Waals surface area contributed by atoms with E-state index in [1.54, 1.807) is 7.11 Å². The molecule has 1 saturated carbocycles. The number of H-pyrrole nitrogens is 1. The second-order valence-corrected chi connectivity index (χ2v) is 5.61. The molecule has 2 rings (SSSR count). The Balaban J connectivity index is 2.29. The minimum Gasteiger partial charge on any atom is -0.383 e. The van der Waals surface area contributed by atoms with Crippen molar-refractivity contribution in [3.8, 4) is 0 Å². The van der Waals surface area contributed by atoms with Crippen molar-refractivity contribution < 1.29 is 4.74 Å². The first-order valence-electron chi connectivity index (χ1n) is 7.11. The van der Waals surface area contributed by atoms with Crippen LogP contribution < -0.4 is 4.90 Å². The van der Waals surface area contributed by atoms with Crippen molar-refractivity contribution in [2.45, 2.75) is 51.6 Å². The maximum atomic E-state index is 5.41. The second kappa shape index (κ2) is 6.52. The van der Waals surface area contributed by atoms with Crippen LogP contribution in [0.15, 0.2) is 0 Å². The maximum Gasteiger partial charge on any atom is 0.226 e. The van der Waals surface area contributed by atoms with Crippen LogP contribution in [0.25, 0.3) is 0 Å². The molecule has 1 unspecified atom stereocenters. The summed E-state index contributed by atoms with van der Waals surface area (Å²) in [5, 5.41) is 7.41. The van der Waals surface area contributed by atoms with Gasteiger partial charge in [-0.05, 0) is 38.9 Å². The molecule has 1 aromatic heterocycles. The van der Waals surface area contributed by atoms with Crippen molar-refractivity contribution in [3.05, 3.63) is 4.77 Å². The first-order valence-corrected chi connectivity index (χ1v) is 7.52. The van der Waals surface area contributed by atoms with E-state index in [9.17, 15) is 0 Å². The van der Waals surface area contributed by atoms with E-state index >= 15 is 0 Å². The first-order chi connectivity index (χ1) is 9.19. The lowest BCUT2D eigenvalue weighted by atomic mass is 10.2. The Labute approximate surface area is 119 Å². The van der Waals surface area contributed by atoms with Gasteiger partial charge >= 0.3 is 0 Å². The van der Waals surface area contributed by atoms with Crippen molar-refractivity contribution in [2.24, 2.45) is 0 Å². The summed E-state index contributed by atoms with van der Waals surface area (Å²) in [6.07, 6.45) is 4.99. The molecule has 0 aromatic carbocycles. The Morgan fingerprint density at radius 1 is 1.53 bits per heavy atom. The lowest BCUT2D eigenvalue weighted by molar-refractivity contribution is 0.181. The number of rotatable bonds is 6. The van der Waals surface area contributed by atoms with Crippen LogP contribution >= 0.6 is 12.2 Å². The Kier molecular flexibility index (Phi) is 4.99. The van der Waals surface area contributed by atoms with Crippen LogP contribution in [0.5, 0.6) is 0 Å². The van der Waals surface area contributed by atoms with E-state index < -0.39 is 0 Å². The van der Waals surface area contributed by atoms with Crippen molar-refractivity contribution in [1.29, 1.82) is 0 Å². The van der Waals surface area contributed by atoms with Crippen molar-refractivity contribution >= 4 is 18.2 Å². The molecule has 1 fully saturated rings. The summed E-state index contributed by atoms with van der Waals surface area (Å²) in [6, 6.07) is 0.797. The number of nitrogens with one attached hydrogen (secondary N) is 1. The lowest BCUT2D eigenvalue weighted by Crippen LogP contribution is -2.38. The average molecular weight is 284 g/mol. The van der Waals surface area contributed by atoms with E-state index in [-0.39, 0.29) is 0 Å². The molecule has 1 N–H and O–H groups in total. The normalized spacial score (nSPS) is 17.8. The predicted octanol–water partition coefficient (Wildman–Crippen LogP) is 2.92. The van der Waals surface area contributed by atoms with Crippen LogP contribution in [0.2, 0.25) is 0 Å². The molecule has 6 heteroatoms. The Bertz CT molecular complexity index is 450. The van der Waals surface area contributed by atoms with Gasteiger partial charge in [0, 0.05) is 19.7 Å². The largest absolute Gasteiger partial charge is 0.383 e. The van der Waals surface area contributed by atoms with Crippen LogP contribution in [0.1, 0.15) is 45.6 Å². The zero-order valence-corrected chi connectivity index (χ0v) is 12.9. The summed E-state index contributed by atoms with van der Waals surface area (Å²) in [5.41, 5.74) is 0. The van der Waals surface area contributed by atoms with Gasteiger partial charge in [0.2, 0.25) is 5.95 Å². The van der Waals surface area contributed by atoms with Crippen molar-refractivity contribution in [3.63, 3.8) is 0 Å². The average Bonchev–Trinajstić information content (AvgIpc) is 3.00. The van der Waals surface area contributed by atoms with Crippen LogP contribution in [0.3, 0.4) is 0 Å². The van der Waals surface area contributed by atoms with Gasteiger partial charge in [-0.15, -0.1) is 5.10 Å². The Morgan fingerprint density at radius 3 is 2.79 bits per heavy atom. The predicted molar refractivity (Wildman–Crippen MR) is 79.3 cm³/mol. The van der Waals surface area contributed by atoms with Gasteiger partial charge in [-0.2, -0.15) is 0 Å². The van der Waals surface area contributed by atoms with Crippen LogP contribution in [0.4, 0.5) is 5.95 Å². The fourth-order valence-electron chi connectivity index (χ4n) is 2.97. The molecule has 0 amide bonds. The minimum atomic E-state index is 0.292. The van der Waals surface area contributed by atoms with Gasteiger partial charge in [0.05, 0.1) is 12.6 Å². The monoisotopic (exact) mass is 284 g/mol. The van der Waals surface area contributed by atoms with Crippen LogP contribution in [-0.4, -0.2) is 41.1 Å². The van der Waals surface area contributed by atoms with Gasteiger partial charge < -0.3 is 9.64 Å². The number of nitrogens with zero attached hydrogens (tertiary/aromatic N) is 3. The number of ether oxygens (including phenoxy) is 1. The molecule has 0 aliphatic heterocycles. The highest BCUT2D eigenvalue weighted by atomic mass is 32.1. The van der Waals surface area contributed by atoms with Gasteiger partial charge in [0.15, 0.2) is 4.77 Å². The van der Waals surface area contributed by atoms with Crippen LogP contribution in [-0.2, 0) is 4.74 Å². The molecule has 1 aliphatic rings. The van der Waals surface area contributed by atoms with E-state index in [4.69, 9.17) is 17.0 Å². The fraction of sp³-hybridized carbons (Fsp3) is 0.846. The molecule has 108 valence electrons. The SMILES string of the molecule is CCN(c1n[nH]c(=S)n1C1CCCC1)C(C)COC. The third-order valence-corrected chi connectivity index (χ3v) is 4.20. The summed E-state index contributed by atoms with van der Waals surface area (Å²) >= 11 is 5.41. The molecule has 1 atom stereocenters. The molecule has 1 aliphatic carbocycles. The van der Waals surface area contributed by atoms with Gasteiger partial charge in [-0.1, -0.05) is 12.8 Å². The number of aromatic nitrogens is 3. The van der Waals surface area contributed by atoms with Gasteiger partial charge in [0.25, 0.3) is 0 Å². The maximum absolute atomic E-state index is 5.41. The fourth-order valence-corrected chi connectivity index (χ4v) is 3.25. The Morgan fingerprint density at radius 2 is 2.21 bits per heavy atom. The molecular formula is C13H24N4OS. The molecular weight excluding hydrogens is 260 g/mol. The standard InChI is InChI=1S/C13H24N4OS/c1-4-16(10(2)9-18-3)12-14-15-13(19)17(12)11-7-5-6-8-11/h10-11H,4-9H2,1-3H3,(H,15,19). The smallest absolute Gasteiger partial charge is 0.226 e. The number of likely N-dealkylation sites (N-methyl/N-ethyl adjacent to an activating group) is 1. The van der Waals surface area contributed by atoms with E-state index in [2.05, 4.69) is 33.5 Å². The highest BCUT2D eigenvalue weighted by Gasteiger charge is 2.25. The van der Waals surface area contributed by atoms with Gasteiger partial charge in [0.1, 0.15) is 0 Å². The zero-order chi connectivity index (χ0) is 13.8. The molecule has 5 nitrogen and oxygen atoms in total. The van der Waals surface area contributed by atoms with E-state index in [0.29, 0.717) is 18.7 Å². The third-order valence-electron chi connectivity index (χ3n) is 3.91. The van der Waals surface area contributed by atoms with E-state index in [1.165, 1.54) is 25.7 Å². The molecule has 0 radical (unpaired) electrons. The number of anilines is 1. The first kappa shape index (κ1) is 14.5. The highest BCUT2D eigenvalue weighted by molar-refractivity contribution is 7.71. The summed E-state index contributed by atoms with van der Waals surface area (Å²) in [5.74, 6) is 0.962. The van der Waals surface area contributed by atoms with Crippen LogP contribution in [0, 0.1) is 4.77 Å². The summed E-state index contributed by atoms with van der Waals surface area (Å²) < 4.78 is 8.21. The van der Waals surface area contributed by atoms with E-state index in [1.807, 2.05) is 0 Å². The molecule has 0 spiro atoms. The highest BCUT2D eigenvalue weighted by Crippen LogP contribution is 2.33. The lowest BCUT2D eigenvalue weighted by Gasteiger charge is -2.29. The number of aromatic amines is 1. The second-order valence-electron chi connectivity index (χ2n) is 5.23. The minimum absolute atomic E-state index is 0.292. The molecule has 0 saturated heterocycles. The molecule has 0 bridgehead atoms. The Hall–Kier alpha value is -0.880. The van der Waals surface area contributed by atoms with Crippen molar-refractivity contribution in [2.75, 3.05) is 25.2 Å². The summed E-state index contributed by atoms with van der Waals surface area (Å²) in [4.78, 5) is 2.26. The topological polar surface area (TPSA) is 46.1 Å². The van der Waals surface area contributed by atoms with Gasteiger partial charge in [-0.3, -0.25) is 4.57 Å². The summed E-state index contributed by atoms with van der Waals surface area (Å²) in [6.45, 7) is 5.89. The number of methoxy groups -OCH3 is 1. The molecule has 1 aromatic rings. The number of hydrogen-bond donors (Lipinski definition) is 1. The summed E-state index contributed by atoms with van der Waals surface area (Å²) in [7, 11) is 1.73. The quantitative estimate of drug-likeness (QED) is 0.816.